The number of nitrogens with zero attached hydrogens (tertiary/aromatic N) is 1. The lowest BCUT2D eigenvalue weighted by molar-refractivity contribution is 0.102. The molecule has 3 aromatic rings. The zero-order valence-electron chi connectivity index (χ0n) is 17.4. The number of pyridine rings is 1. The van der Waals surface area contributed by atoms with Gasteiger partial charge in [0.2, 0.25) is 5.88 Å². The van der Waals surface area contributed by atoms with Crippen LogP contribution >= 0.6 is 0 Å². The maximum absolute atomic E-state index is 12.9. The Hall–Kier alpha value is -3.54. The fourth-order valence-corrected chi connectivity index (χ4v) is 4.12. The molecule has 1 aromatic heterocycles. The Balaban J connectivity index is 1.39. The molecule has 0 radical (unpaired) electrons. The first kappa shape index (κ1) is 19.4. The zero-order chi connectivity index (χ0) is 21.2. The van der Waals surface area contributed by atoms with Crippen molar-refractivity contribution in [2.24, 2.45) is 0 Å². The molecule has 0 unspecified atom stereocenters. The van der Waals surface area contributed by atoms with Crippen LogP contribution in [0.1, 0.15) is 39.9 Å². The average molecular weight is 416 g/mol. The predicted octanol–water partition coefficient (Wildman–Crippen LogP) is 5.08. The number of nitrogens with one attached hydrogen (secondary N) is 1. The predicted molar refractivity (Wildman–Crippen MR) is 118 cm³/mol. The summed E-state index contributed by atoms with van der Waals surface area (Å²) in [5, 5.41) is 2.93. The third-order valence-corrected chi connectivity index (χ3v) is 5.71. The highest BCUT2D eigenvalue weighted by atomic mass is 16.5. The maximum Gasteiger partial charge on any atom is 0.255 e. The van der Waals surface area contributed by atoms with Crippen LogP contribution in [-0.4, -0.2) is 24.1 Å². The van der Waals surface area contributed by atoms with Crippen molar-refractivity contribution in [2.45, 2.75) is 32.6 Å². The van der Waals surface area contributed by atoms with Crippen LogP contribution in [0.2, 0.25) is 0 Å². The van der Waals surface area contributed by atoms with E-state index in [1.165, 1.54) is 16.7 Å². The minimum Gasteiger partial charge on any atom is -0.490 e. The molecule has 0 saturated carbocycles. The molecule has 2 aliphatic rings. The zero-order valence-corrected chi connectivity index (χ0v) is 17.4. The Morgan fingerprint density at radius 1 is 1.00 bits per heavy atom. The van der Waals surface area contributed by atoms with Crippen LogP contribution in [0.5, 0.6) is 23.1 Å². The van der Waals surface area contributed by atoms with Gasteiger partial charge in [0.15, 0.2) is 11.5 Å². The highest BCUT2D eigenvalue weighted by Crippen LogP contribution is 2.37. The molecule has 1 N–H and O–H groups in total. The lowest BCUT2D eigenvalue weighted by Gasteiger charge is -2.15. The van der Waals surface area contributed by atoms with Crippen molar-refractivity contribution in [2.75, 3.05) is 18.5 Å². The van der Waals surface area contributed by atoms with E-state index in [0.717, 1.165) is 31.4 Å². The SMILES string of the molecule is Cc1ccc(Oc2ncccc2NC(=O)c2ccc3c(c2)OCCCO3)c2c1CCC2. The van der Waals surface area contributed by atoms with Crippen LogP contribution in [0.25, 0.3) is 0 Å². The van der Waals surface area contributed by atoms with E-state index >= 15 is 0 Å². The molecule has 0 bridgehead atoms. The molecule has 1 aliphatic carbocycles. The fourth-order valence-electron chi connectivity index (χ4n) is 4.12. The third kappa shape index (κ3) is 3.93. The molecule has 1 aliphatic heterocycles. The number of amides is 1. The van der Waals surface area contributed by atoms with Crippen molar-refractivity contribution in [1.82, 2.24) is 4.98 Å². The first-order valence-corrected chi connectivity index (χ1v) is 10.6. The number of carbonyl (C=O) groups excluding carboxylic acids is 1. The average Bonchev–Trinajstić information content (AvgIpc) is 3.17. The van der Waals surface area contributed by atoms with Crippen molar-refractivity contribution < 1.29 is 19.0 Å². The molecule has 2 heterocycles. The lowest BCUT2D eigenvalue weighted by atomic mass is 10.0. The van der Waals surface area contributed by atoms with Crippen LogP contribution in [0.4, 0.5) is 5.69 Å². The molecule has 0 saturated heterocycles. The van der Waals surface area contributed by atoms with Crippen molar-refractivity contribution in [3.8, 4) is 23.1 Å². The quantitative estimate of drug-likeness (QED) is 0.642. The van der Waals surface area contributed by atoms with Gasteiger partial charge in [-0.3, -0.25) is 4.79 Å². The number of aromatic nitrogens is 1. The van der Waals surface area contributed by atoms with Crippen LogP contribution in [0, 0.1) is 6.92 Å². The summed E-state index contributed by atoms with van der Waals surface area (Å²) < 4.78 is 17.5. The van der Waals surface area contributed by atoms with E-state index < -0.39 is 0 Å². The third-order valence-electron chi connectivity index (χ3n) is 5.71. The summed E-state index contributed by atoms with van der Waals surface area (Å²) in [5.41, 5.74) is 4.91. The molecule has 0 atom stereocenters. The second kappa shape index (κ2) is 8.30. The van der Waals surface area contributed by atoms with Gasteiger partial charge in [-0.1, -0.05) is 6.07 Å². The molecular formula is C25H24N2O4. The number of ether oxygens (including phenoxy) is 3. The highest BCUT2D eigenvalue weighted by Gasteiger charge is 2.20. The van der Waals surface area contributed by atoms with E-state index in [9.17, 15) is 4.79 Å². The first-order chi connectivity index (χ1) is 15.2. The minimum absolute atomic E-state index is 0.261. The topological polar surface area (TPSA) is 69.7 Å². The van der Waals surface area contributed by atoms with Gasteiger partial charge in [0.25, 0.3) is 5.91 Å². The number of aryl methyl sites for hydroxylation is 1. The number of hydrogen-bond acceptors (Lipinski definition) is 5. The van der Waals surface area contributed by atoms with E-state index in [0.29, 0.717) is 41.8 Å². The monoisotopic (exact) mass is 416 g/mol. The maximum atomic E-state index is 12.9. The second-order valence-electron chi connectivity index (χ2n) is 7.82. The standard InChI is InChI=1S/C25H24N2O4/c1-16-8-10-21(19-6-2-5-18(16)19)31-25-20(7-3-12-26-25)27-24(28)17-9-11-22-23(15-17)30-14-4-13-29-22/h3,7-12,15H,2,4-6,13-14H2,1H3,(H,27,28). The van der Waals surface area contributed by atoms with Crippen LogP contribution in [0.15, 0.2) is 48.7 Å². The summed E-state index contributed by atoms with van der Waals surface area (Å²) in [5.74, 6) is 2.17. The van der Waals surface area contributed by atoms with Crippen molar-refractivity contribution in [3.63, 3.8) is 0 Å². The smallest absolute Gasteiger partial charge is 0.255 e. The largest absolute Gasteiger partial charge is 0.490 e. The van der Waals surface area contributed by atoms with Gasteiger partial charge in [0.1, 0.15) is 11.4 Å². The molecule has 6 heteroatoms. The first-order valence-electron chi connectivity index (χ1n) is 10.6. The number of hydrogen-bond donors (Lipinski definition) is 1. The summed E-state index contributed by atoms with van der Waals surface area (Å²) >= 11 is 0. The van der Waals surface area contributed by atoms with Gasteiger partial charge in [0.05, 0.1) is 13.2 Å². The Bertz CT molecular complexity index is 1140. The molecule has 6 nitrogen and oxygen atoms in total. The summed E-state index contributed by atoms with van der Waals surface area (Å²) in [7, 11) is 0. The van der Waals surface area contributed by atoms with E-state index in [1.54, 1.807) is 36.5 Å². The van der Waals surface area contributed by atoms with Crippen molar-refractivity contribution in [1.29, 1.82) is 0 Å². The van der Waals surface area contributed by atoms with Gasteiger partial charge in [-0.15, -0.1) is 0 Å². The molecule has 158 valence electrons. The summed E-state index contributed by atoms with van der Waals surface area (Å²) in [6.45, 7) is 3.31. The Kier molecular flexibility index (Phi) is 5.20. The van der Waals surface area contributed by atoms with Crippen molar-refractivity contribution in [3.05, 3.63) is 70.9 Å². The summed E-state index contributed by atoms with van der Waals surface area (Å²) in [4.78, 5) is 17.3. The normalized spacial score (nSPS) is 14.5. The number of fused-ring (bicyclic) bond motifs is 2. The van der Waals surface area contributed by atoms with Crippen LogP contribution < -0.4 is 19.5 Å². The number of carbonyl (C=O) groups is 1. The molecule has 0 spiro atoms. The highest BCUT2D eigenvalue weighted by molar-refractivity contribution is 6.05. The molecule has 1 amide bonds. The molecule has 2 aromatic carbocycles. The molecule has 5 rings (SSSR count). The summed E-state index contributed by atoms with van der Waals surface area (Å²) in [6, 6.07) is 12.8. The van der Waals surface area contributed by atoms with Gasteiger partial charge < -0.3 is 19.5 Å². The van der Waals surface area contributed by atoms with E-state index in [4.69, 9.17) is 14.2 Å². The second-order valence-corrected chi connectivity index (χ2v) is 7.82. The molecular weight excluding hydrogens is 392 g/mol. The Labute approximate surface area is 181 Å². The number of rotatable bonds is 4. The van der Waals surface area contributed by atoms with Gasteiger partial charge >= 0.3 is 0 Å². The van der Waals surface area contributed by atoms with Gasteiger partial charge in [-0.2, -0.15) is 0 Å². The van der Waals surface area contributed by atoms with Gasteiger partial charge in [-0.25, -0.2) is 4.98 Å². The lowest BCUT2D eigenvalue weighted by Crippen LogP contribution is -2.13. The molecule has 31 heavy (non-hydrogen) atoms. The van der Waals surface area contributed by atoms with E-state index in [1.807, 2.05) is 6.07 Å². The fraction of sp³-hybridized carbons (Fsp3) is 0.280. The number of anilines is 1. The van der Waals surface area contributed by atoms with Crippen LogP contribution in [-0.2, 0) is 12.8 Å². The summed E-state index contributed by atoms with van der Waals surface area (Å²) in [6.07, 6.45) is 5.68. The van der Waals surface area contributed by atoms with E-state index in [-0.39, 0.29) is 5.91 Å². The Morgan fingerprint density at radius 3 is 2.74 bits per heavy atom. The van der Waals surface area contributed by atoms with Crippen LogP contribution in [0.3, 0.4) is 0 Å². The molecule has 0 fully saturated rings. The van der Waals surface area contributed by atoms with Gasteiger partial charge in [-0.05, 0) is 79.3 Å². The van der Waals surface area contributed by atoms with Gasteiger partial charge in [0, 0.05) is 18.2 Å². The van der Waals surface area contributed by atoms with Crippen molar-refractivity contribution >= 4 is 11.6 Å². The minimum atomic E-state index is -0.261. The number of benzene rings is 2. The Morgan fingerprint density at radius 2 is 1.84 bits per heavy atom. The van der Waals surface area contributed by atoms with E-state index in [2.05, 4.69) is 23.3 Å².